The van der Waals surface area contributed by atoms with Crippen molar-refractivity contribution in [3.05, 3.63) is 0 Å². The topological polar surface area (TPSA) is 12.2 Å². The minimum absolute atomic E-state index is 0. The van der Waals surface area contributed by atoms with Crippen molar-refractivity contribution in [1.29, 1.82) is 0 Å². The second-order valence-corrected chi connectivity index (χ2v) is 5.07. The highest BCUT2D eigenvalue weighted by Gasteiger charge is 2.42. The molecule has 0 N–H and O–H groups in total. The van der Waals surface area contributed by atoms with Gasteiger partial charge >= 0.3 is 5.90 Å². The van der Waals surface area contributed by atoms with Gasteiger partial charge in [-0.25, -0.2) is 0 Å². The molecule has 0 aromatic rings. The zero-order valence-corrected chi connectivity index (χ0v) is 12.9. The van der Waals surface area contributed by atoms with E-state index in [4.69, 9.17) is 4.74 Å². The van der Waals surface area contributed by atoms with Gasteiger partial charge in [-0.1, -0.05) is 22.6 Å². The van der Waals surface area contributed by atoms with Gasteiger partial charge in [-0.15, -0.1) is 0 Å². The van der Waals surface area contributed by atoms with Crippen LogP contribution in [0.25, 0.3) is 0 Å². The van der Waals surface area contributed by atoms with Crippen LogP contribution in [0, 0.1) is 0 Å². The Hall–Kier alpha value is 0.930. The molecule has 0 aromatic heterocycles. The molecule has 14 heavy (non-hydrogen) atoms. The SMILES string of the molecule is CC1(CI)C[N+]2=C(CCCCC2)O1.[I-]. The summed E-state index contributed by atoms with van der Waals surface area (Å²) in [6.07, 6.45) is 5.17. The second-order valence-electron chi connectivity index (χ2n) is 4.31. The van der Waals surface area contributed by atoms with Gasteiger partial charge < -0.3 is 28.7 Å². The zero-order chi connectivity index (χ0) is 9.31. The van der Waals surface area contributed by atoms with Crippen LogP contribution in [0.3, 0.4) is 0 Å². The standard InChI is InChI=1S/C10H17INO.HI/c1-10(7-11)8-12-6-4-2-3-5-9(12)13-10;/h2-8H2,1H3;1H/q+1;/p-1. The fourth-order valence-corrected chi connectivity index (χ4v) is 2.51. The molecule has 1 atom stereocenters. The molecule has 0 spiro atoms. The fraction of sp³-hybridized carbons (Fsp3) is 0.900. The van der Waals surface area contributed by atoms with Gasteiger partial charge in [0.15, 0.2) is 12.1 Å². The Morgan fingerprint density at radius 3 is 2.93 bits per heavy atom. The minimum atomic E-state index is 0. The van der Waals surface area contributed by atoms with Crippen LogP contribution >= 0.6 is 22.6 Å². The first-order valence-electron chi connectivity index (χ1n) is 5.09. The van der Waals surface area contributed by atoms with Gasteiger partial charge in [0, 0.05) is 10.8 Å². The van der Waals surface area contributed by atoms with Crippen molar-refractivity contribution in [1.82, 2.24) is 0 Å². The summed E-state index contributed by atoms with van der Waals surface area (Å²) in [5.74, 6) is 1.26. The Morgan fingerprint density at radius 2 is 2.21 bits per heavy atom. The maximum Gasteiger partial charge on any atom is 0.337 e. The third-order valence-electron chi connectivity index (χ3n) is 2.84. The van der Waals surface area contributed by atoms with Crippen molar-refractivity contribution >= 4 is 28.5 Å². The Labute approximate surface area is 117 Å². The molecule has 0 aliphatic carbocycles. The van der Waals surface area contributed by atoms with Crippen LogP contribution in [0.1, 0.15) is 32.6 Å². The number of hydrogen-bond acceptors (Lipinski definition) is 1. The maximum atomic E-state index is 6.02. The highest BCUT2D eigenvalue weighted by atomic mass is 127. The molecule has 0 bridgehead atoms. The van der Waals surface area contributed by atoms with Crippen molar-refractivity contribution in [2.45, 2.75) is 38.2 Å². The Balaban J connectivity index is 0.000000980. The van der Waals surface area contributed by atoms with Gasteiger partial charge in [0.2, 0.25) is 0 Å². The van der Waals surface area contributed by atoms with Crippen molar-refractivity contribution < 1.29 is 33.3 Å². The van der Waals surface area contributed by atoms with Crippen molar-refractivity contribution in [3.8, 4) is 0 Å². The number of rotatable bonds is 1. The molecule has 0 radical (unpaired) electrons. The molecule has 0 fully saturated rings. The molecule has 2 rings (SSSR count). The van der Waals surface area contributed by atoms with Crippen LogP contribution in [0.15, 0.2) is 0 Å². The van der Waals surface area contributed by atoms with Crippen molar-refractivity contribution in [3.63, 3.8) is 0 Å². The Kier molecular flexibility index (Phi) is 4.94. The first-order valence-corrected chi connectivity index (χ1v) is 6.62. The quantitative estimate of drug-likeness (QED) is 0.307. The zero-order valence-electron chi connectivity index (χ0n) is 8.56. The van der Waals surface area contributed by atoms with E-state index in [2.05, 4.69) is 34.1 Å². The monoisotopic (exact) mass is 421 g/mol. The van der Waals surface area contributed by atoms with E-state index in [1.165, 1.54) is 31.7 Å². The van der Waals surface area contributed by atoms with Crippen LogP contribution in [-0.4, -0.2) is 33.6 Å². The third kappa shape index (κ3) is 2.74. The molecule has 82 valence electrons. The van der Waals surface area contributed by atoms with Gasteiger partial charge in [0.05, 0.1) is 6.42 Å². The largest absolute Gasteiger partial charge is 1.00 e. The lowest BCUT2D eigenvalue weighted by atomic mass is 10.1. The van der Waals surface area contributed by atoms with Crippen LogP contribution < -0.4 is 24.0 Å². The first-order chi connectivity index (χ1) is 6.23. The van der Waals surface area contributed by atoms with Gasteiger partial charge in [-0.3, -0.25) is 0 Å². The van der Waals surface area contributed by atoms with Gasteiger partial charge in [-0.05, 0) is 19.8 Å². The van der Waals surface area contributed by atoms with E-state index in [0.717, 1.165) is 17.4 Å². The smallest absolute Gasteiger partial charge is 0.337 e. The lowest BCUT2D eigenvalue weighted by Gasteiger charge is -2.16. The Bertz CT molecular complexity index is 222. The Morgan fingerprint density at radius 1 is 1.43 bits per heavy atom. The second kappa shape index (κ2) is 5.32. The fourth-order valence-electron chi connectivity index (χ4n) is 2.11. The average Bonchev–Trinajstić information content (AvgIpc) is 2.29. The highest BCUT2D eigenvalue weighted by molar-refractivity contribution is 14.1. The number of nitrogens with zero attached hydrogens (tertiary/aromatic N) is 1. The third-order valence-corrected chi connectivity index (χ3v) is 4.46. The van der Waals surface area contributed by atoms with E-state index in [-0.39, 0.29) is 29.6 Å². The molecule has 1 unspecified atom stereocenters. The lowest BCUT2D eigenvalue weighted by molar-refractivity contribution is -0.525. The number of halogens is 2. The van der Waals surface area contributed by atoms with E-state index < -0.39 is 0 Å². The predicted octanol–water partition coefficient (Wildman–Crippen LogP) is -0.801. The minimum Gasteiger partial charge on any atom is -1.00 e. The molecular formula is C10H17I2NO. The number of alkyl halides is 1. The lowest BCUT2D eigenvalue weighted by Crippen LogP contribution is -3.00. The summed E-state index contributed by atoms with van der Waals surface area (Å²) in [4.78, 5) is 0. The van der Waals surface area contributed by atoms with E-state index in [1.54, 1.807) is 0 Å². The van der Waals surface area contributed by atoms with Crippen molar-refractivity contribution in [2.24, 2.45) is 0 Å². The van der Waals surface area contributed by atoms with Gasteiger partial charge in [0.25, 0.3) is 0 Å². The summed E-state index contributed by atoms with van der Waals surface area (Å²) < 4.78 is 9.56. The van der Waals surface area contributed by atoms with E-state index in [0.29, 0.717) is 0 Å². The normalized spacial score (nSPS) is 31.6. The molecule has 0 amide bonds. The number of ether oxygens (including phenoxy) is 1. The molecule has 0 saturated carbocycles. The molecular weight excluding hydrogens is 404 g/mol. The average molecular weight is 421 g/mol. The summed E-state index contributed by atoms with van der Waals surface area (Å²) >= 11 is 2.42. The molecule has 2 heterocycles. The van der Waals surface area contributed by atoms with E-state index >= 15 is 0 Å². The predicted molar refractivity (Wildman–Crippen MR) is 61.8 cm³/mol. The molecule has 0 aromatic carbocycles. The number of hydrogen-bond donors (Lipinski definition) is 0. The molecule has 4 heteroatoms. The summed E-state index contributed by atoms with van der Waals surface area (Å²) in [7, 11) is 0. The highest BCUT2D eigenvalue weighted by Crippen LogP contribution is 2.24. The first kappa shape index (κ1) is 13.0. The molecule has 2 aliphatic rings. The van der Waals surface area contributed by atoms with Crippen LogP contribution in [-0.2, 0) is 4.74 Å². The molecule has 2 aliphatic heterocycles. The summed E-state index contributed by atoms with van der Waals surface area (Å²) in [6, 6.07) is 0. The van der Waals surface area contributed by atoms with E-state index in [9.17, 15) is 0 Å². The van der Waals surface area contributed by atoms with Gasteiger partial charge in [-0.2, -0.15) is 4.58 Å². The van der Waals surface area contributed by atoms with Crippen LogP contribution in [0.2, 0.25) is 0 Å². The summed E-state index contributed by atoms with van der Waals surface area (Å²) in [5, 5.41) is 0. The molecule has 2 nitrogen and oxygen atoms in total. The van der Waals surface area contributed by atoms with E-state index in [1.807, 2.05) is 0 Å². The summed E-state index contributed by atoms with van der Waals surface area (Å²) in [5.41, 5.74) is 0.0905. The van der Waals surface area contributed by atoms with Gasteiger partial charge in [0.1, 0.15) is 6.54 Å². The van der Waals surface area contributed by atoms with Crippen molar-refractivity contribution in [2.75, 3.05) is 17.5 Å². The summed E-state index contributed by atoms with van der Waals surface area (Å²) in [6.45, 7) is 4.54. The van der Waals surface area contributed by atoms with Crippen LogP contribution in [0.4, 0.5) is 0 Å². The maximum absolute atomic E-state index is 6.02. The van der Waals surface area contributed by atoms with Crippen LogP contribution in [0.5, 0.6) is 0 Å². The molecule has 0 saturated heterocycles.